The van der Waals surface area contributed by atoms with Crippen LogP contribution in [-0.2, 0) is 56.2 Å². The predicted octanol–water partition coefficient (Wildman–Crippen LogP) is -0.828. The number of hydrogen-bond donors (Lipinski definition) is 16. The Labute approximate surface area is 696 Å². The number of hydrogen-bond acceptors (Lipinski definition) is 26. The summed E-state index contributed by atoms with van der Waals surface area (Å²) >= 11 is 0. The Bertz CT molecular complexity index is 5080. The molecule has 36 nitrogen and oxygen atoms in total. The van der Waals surface area contributed by atoms with Gasteiger partial charge in [0.25, 0.3) is 27.8 Å². The third kappa shape index (κ3) is 28.6. The molecule has 20 atom stereocenters. The first kappa shape index (κ1) is 103. The van der Waals surface area contributed by atoms with Crippen LogP contribution >= 0.6 is 34.4 Å². The van der Waals surface area contributed by atoms with Crippen molar-refractivity contribution in [1.82, 2.24) is 47.8 Å². The van der Waals surface area contributed by atoms with E-state index in [0.717, 1.165) is 46.4 Å². The van der Waals surface area contributed by atoms with Crippen molar-refractivity contribution >= 4 is 65.9 Å². The number of aliphatic hydroxyl groups excluding tert-OH is 11. The van der Waals surface area contributed by atoms with Gasteiger partial charge in [0.2, 0.25) is 0 Å². The first-order valence-corrected chi connectivity index (χ1v) is 54.9. The third-order valence-corrected chi connectivity index (χ3v) is 28.0. The van der Waals surface area contributed by atoms with Crippen molar-refractivity contribution in [3.8, 4) is 0 Å². The lowest BCUT2D eigenvalue weighted by molar-refractivity contribution is -0.0404. The van der Waals surface area contributed by atoms with Crippen molar-refractivity contribution in [1.29, 1.82) is 0 Å². The molecule has 5 unspecified atom stereocenters. The Morgan fingerprint density at radius 1 is 0.367 bits per heavy atom. The van der Waals surface area contributed by atoms with Crippen molar-refractivity contribution < 1.29 is 79.9 Å². The molecule has 0 amide bonds. The predicted molar refractivity (Wildman–Crippen MR) is 480 cm³/mol. The molecule has 5 aliphatic rings. The fourth-order valence-electron chi connectivity index (χ4n) is 13.8. The highest BCUT2D eigenvalue weighted by Gasteiger charge is 2.49. The van der Waals surface area contributed by atoms with Crippen LogP contribution in [-0.4, -0.2) is 331 Å². The minimum atomic E-state index is -1.30. The van der Waals surface area contributed by atoms with E-state index in [4.69, 9.17) is 28.8 Å². The third-order valence-electron chi connectivity index (χ3n) is 20.7. The van der Waals surface area contributed by atoms with Gasteiger partial charge in [0.1, 0.15) is 79.4 Å². The summed E-state index contributed by atoms with van der Waals surface area (Å²) in [4.78, 5) is 130. The zero-order valence-electron chi connectivity index (χ0n) is 70.8. The van der Waals surface area contributed by atoms with Crippen LogP contribution in [0.3, 0.4) is 0 Å². The fourth-order valence-corrected chi connectivity index (χ4v) is 18.5. The van der Waals surface area contributed by atoms with Gasteiger partial charge in [-0.1, -0.05) is 32.4 Å². The molecular weight excluding hydrogens is 1660 g/mol. The number of nitrogens with one attached hydrogen (secondary N) is 5. The molecule has 5 fully saturated rings. The smallest absolute Gasteiger partial charge is 0.330 e. The van der Waals surface area contributed by atoms with Gasteiger partial charge in [-0.05, 0) is 149 Å². The van der Waals surface area contributed by atoms with E-state index in [1.165, 1.54) is 50.8 Å². The maximum atomic E-state index is 12.2. The lowest BCUT2D eigenvalue weighted by Gasteiger charge is -2.19. The van der Waals surface area contributed by atoms with Gasteiger partial charge in [-0.3, -0.25) is 71.7 Å². The number of aryl methyl sites for hydroxylation is 3. The molecule has 41 heteroatoms. The Kier molecular flexibility index (Phi) is 37.6. The van der Waals surface area contributed by atoms with Gasteiger partial charge >= 0.3 is 28.4 Å². The second-order valence-corrected chi connectivity index (χ2v) is 56.1. The van der Waals surface area contributed by atoms with Crippen molar-refractivity contribution in [2.45, 2.75) is 214 Å². The van der Waals surface area contributed by atoms with Gasteiger partial charge < -0.3 is 79.9 Å². The molecule has 5 aromatic rings. The van der Waals surface area contributed by atoms with Crippen molar-refractivity contribution in [2.75, 3.05) is 104 Å². The second-order valence-electron chi connectivity index (χ2n) is 34.5. The highest BCUT2D eigenvalue weighted by molar-refractivity contribution is 7.73. The quantitative estimate of drug-likeness (QED) is 0.0197. The standard InChI is InChI=1S/C17H27N2O5P.C16H25N2O5P.C16H27N2O5P.C15H25N2O6P.C15H25N2O5P/c1-5-6-8-19-10-11(16(22)18-17(19)23)15-14(21)13(20)12(24-15)7-9-25(2,3)4;1-5-7-18-9-10(15(21)17-16(18)22)14-13(20)12(19)11(23-14)6-8-24(2,3)4;1-5-6-10-9-18(16(22)17-14(10)21)15-13(20)12(19)11(23-15)7-8-24(2,3)4;1-24(2,3)7-4-10-11(19)12(20)13(23-10)9-8-17(5-6-18)15(22)16-14(9)21;1-5-9-8-17(15(21)16-13(9)20)14-12(19)11(18)10(22-14)6-7-23(2,3)4/h5,10,12-15,20-21H,1-2,6-9H2,3-4H3,(H,18,22,23);5,9,11-14,19-20H,1-2,6-8H2,3-4H3,(H,17,21,22);9,11-13,15,19-20H,2,5-8H2,1,3-4H3,(H,17,21,22);8,10-13,18-20H,1,4-7H2,2-3H3,(H,16,21,22);8,10-12,14,18-19H,2,5-7H2,1,3-4H3,(H,16,20,21)/t12-,13-,14-,15?;11-,12-,13-,14?;11-,12-,13-,15?;10-,11-,12-,13?;10-,11-,12-,14?/m11111/s1. The summed E-state index contributed by atoms with van der Waals surface area (Å²) in [5.74, 6) is 0. The number of H-pyrrole nitrogens is 5. The Morgan fingerprint density at radius 2 is 0.650 bits per heavy atom. The van der Waals surface area contributed by atoms with Crippen LogP contribution in [0.4, 0.5) is 0 Å². The maximum Gasteiger partial charge on any atom is 0.330 e. The largest absolute Gasteiger partial charge is 0.395 e. The minimum Gasteiger partial charge on any atom is -0.395 e. The van der Waals surface area contributed by atoms with Gasteiger partial charge in [-0.25, -0.2) is 24.0 Å². The molecular formula is C79H129N10O26P5. The van der Waals surface area contributed by atoms with Gasteiger partial charge in [-0.2, -0.15) is 0 Å². The summed E-state index contributed by atoms with van der Waals surface area (Å²) in [6, 6.07) is 0. The van der Waals surface area contributed by atoms with Crippen LogP contribution in [0, 0.1) is 0 Å². The number of aliphatic hydroxyl groups is 11. The van der Waals surface area contributed by atoms with Crippen LogP contribution < -0.4 is 56.2 Å². The van der Waals surface area contributed by atoms with E-state index in [2.05, 4.69) is 136 Å². The molecule has 10 heterocycles. The molecule has 5 aliphatic heterocycles. The summed E-state index contributed by atoms with van der Waals surface area (Å²) in [5.41, 5.74) is -4.62. The molecule has 5 saturated heterocycles. The van der Waals surface area contributed by atoms with E-state index in [-0.39, 0.29) is 36.4 Å². The van der Waals surface area contributed by atoms with Crippen LogP contribution in [0.1, 0.15) is 117 Å². The monoisotopic (exact) mass is 1790 g/mol. The highest BCUT2D eigenvalue weighted by atomic mass is 31.2. The van der Waals surface area contributed by atoms with E-state index in [1.54, 1.807) is 13.0 Å². The Morgan fingerprint density at radius 3 is 0.950 bits per heavy atom. The molecule has 0 aliphatic carbocycles. The molecule has 0 radical (unpaired) electrons. The van der Waals surface area contributed by atoms with Gasteiger partial charge in [0.15, 0.2) is 12.5 Å². The van der Waals surface area contributed by atoms with Gasteiger partial charge in [0.05, 0.1) is 60.4 Å². The summed E-state index contributed by atoms with van der Waals surface area (Å²) < 4.78 is 34.8. The average Bonchev–Trinajstić information content (AvgIpc) is 1.67. The molecule has 120 heavy (non-hydrogen) atoms. The lowest BCUT2D eigenvalue weighted by Crippen LogP contribution is -2.38. The molecule has 0 bridgehead atoms. The first-order chi connectivity index (χ1) is 55.7. The fraction of sp³-hybridized carbons (Fsp3) is 0.633. The molecule has 0 saturated carbocycles. The van der Waals surface area contributed by atoms with Crippen molar-refractivity contribution in [3.63, 3.8) is 0 Å². The van der Waals surface area contributed by atoms with E-state index >= 15 is 0 Å². The Balaban J connectivity index is 0.000000233. The van der Waals surface area contributed by atoms with E-state index in [1.807, 2.05) is 6.92 Å². The first-order valence-electron chi connectivity index (χ1n) is 39.7. The summed E-state index contributed by atoms with van der Waals surface area (Å²) in [7, 11) is 0. The zero-order chi connectivity index (χ0) is 90.3. The molecule has 16 N–H and O–H groups in total. The number of nitrogens with zero attached hydrogens (tertiary/aromatic N) is 5. The topological polar surface area (TPSA) is 543 Å². The van der Waals surface area contributed by atoms with E-state index in [9.17, 15) is 99.0 Å². The molecule has 5 aromatic heterocycles. The zero-order valence-corrected chi connectivity index (χ0v) is 75.3. The van der Waals surface area contributed by atoms with Crippen LogP contribution in [0.5, 0.6) is 0 Å². The number of aromatic nitrogens is 10. The van der Waals surface area contributed by atoms with Crippen LogP contribution in [0.25, 0.3) is 0 Å². The number of aromatic amines is 5. The molecule has 0 aromatic carbocycles. The maximum absolute atomic E-state index is 12.2. The minimum absolute atomic E-state index is 0.0115. The average molecular weight is 1790 g/mol. The SMILES string of the molecule is C=CCCn1cc(C2O[C@H](CCP(=C)(C)C)[C@@H](O)[C@H]2O)c(=O)[nH]c1=O.C=CCn1cc(C2O[C@H](CCP(=C)(C)C)[C@@H](O)[C@H]2O)c(=O)[nH]c1=O.C=P(C)(C)CC[C@H]1OC(c2cn(CCO)c(=O)[nH]c2=O)[C@H](O)[C@@H]1O.C=P(C)(C)CC[C@H]1OC(n2cc(CC)c(=O)[nH]c2=O)[C@H](O)[C@@H]1O.C=P(C)(C)CC[C@H]1OC(n2cc(CCC)c(=O)[nH]c2=O)[C@H](O)[C@@H]1O. The van der Waals surface area contributed by atoms with E-state index < -0.39 is 213 Å². The van der Waals surface area contributed by atoms with Crippen LogP contribution in [0.15, 0.2) is 104 Å². The molecule has 676 valence electrons. The van der Waals surface area contributed by atoms with Crippen molar-refractivity contribution in [2.24, 2.45) is 0 Å². The van der Waals surface area contributed by atoms with Crippen molar-refractivity contribution in [3.05, 3.63) is 188 Å². The van der Waals surface area contributed by atoms with Gasteiger partial charge in [-0.15, -0.1) is 79.1 Å². The normalized spacial score (nSPS) is 27.5. The lowest BCUT2D eigenvalue weighted by atomic mass is 10.0. The number of ether oxygens (including phenoxy) is 5. The second kappa shape index (κ2) is 44.1. The summed E-state index contributed by atoms with van der Waals surface area (Å²) in [5, 5.41) is 111. The number of allylic oxidation sites excluding steroid dienone is 2. The highest BCUT2D eigenvalue weighted by Crippen LogP contribution is 2.45. The molecule has 0 spiro atoms. The van der Waals surface area contributed by atoms with Gasteiger partial charge in [0, 0.05) is 55.2 Å². The van der Waals surface area contributed by atoms with E-state index in [0.29, 0.717) is 69.0 Å². The van der Waals surface area contributed by atoms with Crippen LogP contribution in [0.2, 0.25) is 0 Å². The molecule has 10 rings (SSSR count). The summed E-state index contributed by atoms with van der Waals surface area (Å²) in [6.07, 6.45) is 20.3. The number of rotatable bonds is 30. The Hall–Kier alpha value is -6.26. The summed E-state index contributed by atoms with van der Waals surface area (Å²) in [6.45, 7) is 25.6.